The highest BCUT2D eigenvalue weighted by molar-refractivity contribution is 7.09. The molecule has 0 amide bonds. The van der Waals surface area contributed by atoms with Gasteiger partial charge in [0, 0.05) is 30.5 Å². The van der Waals surface area contributed by atoms with Gasteiger partial charge in [-0.25, -0.2) is 4.98 Å². The van der Waals surface area contributed by atoms with E-state index >= 15 is 0 Å². The number of aryl methyl sites for hydroxylation is 1. The number of hydrogen-bond acceptors (Lipinski definition) is 6. The molecular formula is C15H26N2O3S. The van der Waals surface area contributed by atoms with E-state index in [4.69, 9.17) is 9.47 Å². The zero-order chi connectivity index (χ0) is 15.1. The van der Waals surface area contributed by atoms with Crippen molar-refractivity contribution >= 4 is 11.3 Å². The first-order valence-corrected chi connectivity index (χ1v) is 8.56. The zero-order valence-electron chi connectivity index (χ0n) is 12.9. The second kappa shape index (κ2) is 8.80. The van der Waals surface area contributed by atoms with E-state index in [1.807, 2.05) is 19.4 Å². The van der Waals surface area contributed by atoms with Crippen molar-refractivity contribution in [1.29, 1.82) is 0 Å². The summed E-state index contributed by atoms with van der Waals surface area (Å²) >= 11 is 1.66. The molecule has 1 aromatic heterocycles. The van der Waals surface area contributed by atoms with Crippen LogP contribution in [0.25, 0.3) is 0 Å². The average Bonchev–Trinajstić information content (AvgIpc) is 2.83. The smallest absolute Gasteiger partial charge is 0.0897 e. The number of ether oxygens (including phenoxy) is 2. The Kier molecular flexibility index (Phi) is 7.06. The largest absolute Gasteiger partial charge is 0.389 e. The summed E-state index contributed by atoms with van der Waals surface area (Å²) < 4.78 is 11.0. The van der Waals surface area contributed by atoms with E-state index in [0.717, 1.165) is 31.6 Å². The molecule has 0 aliphatic heterocycles. The van der Waals surface area contributed by atoms with Gasteiger partial charge in [0.25, 0.3) is 0 Å². The van der Waals surface area contributed by atoms with Gasteiger partial charge in [-0.3, -0.25) is 0 Å². The standard InChI is InChI=1S/C15H26N2O3S/c1-3-20-14-6-12(7-14)16-8-13(18)9-19-5-4-15-11(2)17-10-21-15/h10,12-14,16,18H,3-9H2,1-2H3. The predicted molar refractivity (Wildman–Crippen MR) is 83.8 cm³/mol. The highest BCUT2D eigenvalue weighted by atomic mass is 32.1. The van der Waals surface area contributed by atoms with Gasteiger partial charge in [0.15, 0.2) is 0 Å². The Balaban J connectivity index is 1.47. The molecule has 0 bridgehead atoms. The number of aromatic nitrogens is 1. The van der Waals surface area contributed by atoms with Crippen LogP contribution in [-0.2, 0) is 15.9 Å². The molecule has 0 radical (unpaired) electrons. The van der Waals surface area contributed by atoms with Gasteiger partial charge >= 0.3 is 0 Å². The van der Waals surface area contributed by atoms with E-state index in [1.165, 1.54) is 4.88 Å². The minimum Gasteiger partial charge on any atom is -0.389 e. The van der Waals surface area contributed by atoms with Crippen LogP contribution in [0.4, 0.5) is 0 Å². The molecule has 0 saturated heterocycles. The van der Waals surface area contributed by atoms with Crippen LogP contribution in [-0.4, -0.2) is 54.7 Å². The number of nitrogens with one attached hydrogen (secondary N) is 1. The summed E-state index contributed by atoms with van der Waals surface area (Å²) in [4.78, 5) is 5.47. The molecule has 1 saturated carbocycles. The van der Waals surface area contributed by atoms with Crippen molar-refractivity contribution in [2.75, 3.05) is 26.4 Å². The SMILES string of the molecule is CCOC1CC(NCC(O)COCCc2scnc2C)C1. The number of aliphatic hydroxyl groups is 1. The van der Waals surface area contributed by atoms with Crippen LogP contribution < -0.4 is 5.32 Å². The van der Waals surface area contributed by atoms with E-state index in [1.54, 1.807) is 11.3 Å². The average molecular weight is 314 g/mol. The lowest BCUT2D eigenvalue weighted by Crippen LogP contribution is -2.48. The summed E-state index contributed by atoms with van der Waals surface area (Å²) in [5.74, 6) is 0. The molecule has 1 aliphatic carbocycles. The highest BCUT2D eigenvalue weighted by Crippen LogP contribution is 2.22. The minimum absolute atomic E-state index is 0.381. The first-order chi connectivity index (χ1) is 10.2. The van der Waals surface area contributed by atoms with E-state index in [-0.39, 0.29) is 0 Å². The van der Waals surface area contributed by atoms with Crippen LogP contribution in [0.15, 0.2) is 5.51 Å². The topological polar surface area (TPSA) is 63.6 Å². The molecule has 6 heteroatoms. The second-order valence-electron chi connectivity index (χ2n) is 5.49. The van der Waals surface area contributed by atoms with Gasteiger partial charge in [-0.05, 0) is 26.7 Å². The third-order valence-electron chi connectivity index (χ3n) is 3.77. The third kappa shape index (κ3) is 5.64. The summed E-state index contributed by atoms with van der Waals surface area (Å²) in [7, 11) is 0. The third-order valence-corrected chi connectivity index (χ3v) is 4.76. The van der Waals surface area contributed by atoms with Gasteiger partial charge < -0.3 is 19.9 Å². The van der Waals surface area contributed by atoms with Crippen molar-refractivity contribution in [2.24, 2.45) is 0 Å². The Morgan fingerprint density at radius 1 is 1.52 bits per heavy atom. The van der Waals surface area contributed by atoms with Crippen LogP contribution in [0.1, 0.15) is 30.3 Å². The van der Waals surface area contributed by atoms with E-state index in [9.17, 15) is 5.11 Å². The van der Waals surface area contributed by atoms with Crippen molar-refractivity contribution in [1.82, 2.24) is 10.3 Å². The molecule has 2 N–H and O–H groups in total. The molecule has 1 heterocycles. The molecule has 1 aliphatic rings. The molecule has 0 aromatic carbocycles. The number of thiazole rings is 1. The second-order valence-corrected chi connectivity index (χ2v) is 6.43. The van der Waals surface area contributed by atoms with Gasteiger partial charge in [0.05, 0.1) is 36.6 Å². The van der Waals surface area contributed by atoms with Crippen LogP contribution in [0.2, 0.25) is 0 Å². The number of rotatable bonds is 10. The summed E-state index contributed by atoms with van der Waals surface area (Å²) in [5, 5.41) is 13.2. The zero-order valence-corrected chi connectivity index (χ0v) is 13.7. The molecule has 2 rings (SSSR count). The fourth-order valence-electron chi connectivity index (χ4n) is 2.42. The molecular weight excluding hydrogens is 288 g/mol. The fraction of sp³-hybridized carbons (Fsp3) is 0.800. The van der Waals surface area contributed by atoms with Gasteiger partial charge in [0.1, 0.15) is 0 Å². The van der Waals surface area contributed by atoms with Crippen LogP contribution in [0.5, 0.6) is 0 Å². The van der Waals surface area contributed by atoms with Gasteiger partial charge in [-0.2, -0.15) is 0 Å². The molecule has 1 unspecified atom stereocenters. The lowest BCUT2D eigenvalue weighted by molar-refractivity contribution is -0.0162. The first-order valence-electron chi connectivity index (χ1n) is 7.68. The Labute approximate surface area is 130 Å². The molecule has 21 heavy (non-hydrogen) atoms. The number of nitrogens with zero attached hydrogens (tertiary/aromatic N) is 1. The van der Waals surface area contributed by atoms with E-state index in [2.05, 4.69) is 10.3 Å². The quantitative estimate of drug-likeness (QED) is 0.641. The van der Waals surface area contributed by atoms with Gasteiger partial charge in [-0.1, -0.05) is 0 Å². The maximum Gasteiger partial charge on any atom is 0.0897 e. The maximum atomic E-state index is 9.87. The summed E-state index contributed by atoms with van der Waals surface area (Å²) in [5.41, 5.74) is 2.94. The van der Waals surface area contributed by atoms with Crippen molar-refractivity contribution in [3.63, 3.8) is 0 Å². The lowest BCUT2D eigenvalue weighted by atomic mass is 9.89. The van der Waals surface area contributed by atoms with Crippen molar-refractivity contribution in [3.05, 3.63) is 16.1 Å². The van der Waals surface area contributed by atoms with Crippen molar-refractivity contribution in [2.45, 2.75) is 51.4 Å². The Morgan fingerprint density at radius 2 is 2.33 bits per heavy atom. The first kappa shape index (κ1) is 16.8. The molecule has 0 spiro atoms. The van der Waals surface area contributed by atoms with Crippen molar-refractivity contribution < 1.29 is 14.6 Å². The maximum absolute atomic E-state index is 9.87. The Bertz CT molecular complexity index is 407. The lowest BCUT2D eigenvalue weighted by Gasteiger charge is -2.36. The van der Waals surface area contributed by atoms with Crippen molar-refractivity contribution in [3.8, 4) is 0 Å². The molecule has 1 fully saturated rings. The van der Waals surface area contributed by atoms with Crippen LogP contribution >= 0.6 is 11.3 Å². The summed E-state index contributed by atoms with van der Waals surface area (Å²) in [6.07, 6.45) is 2.93. The van der Waals surface area contributed by atoms with Crippen LogP contribution in [0, 0.1) is 6.92 Å². The van der Waals surface area contributed by atoms with Gasteiger partial charge in [-0.15, -0.1) is 11.3 Å². The summed E-state index contributed by atoms with van der Waals surface area (Å²) in [6.45, 7) is 6.42. The number of aliphatic hydroxyl groups excluding tert-OH is 1. The van der Waals surface area contributed by atoms with Gasteiger partial charge in [0.2, 0.25) is 0 Å². The summed E-state index contributed by atoms with van der Waals surface area (Å²) in [6, 6.07) is 0.482. The molecule has 120 valence electrons. The fourth-order valence-corrected chi connectivity index (χ4v) is 3.18. The minimum atomic E-state index is -0.446. The molecule has 5 nitrogen and oxygen atoms in total. The highest BCUT2D eigenvalue weighted by Gasteiger charge is 2.29. The normalized spacial score (nSPS) is 23.0. The predicted octanol–water partition coefficient (Wildman–Crippen LogP) is 1.53. The Hall–Kier alpha value is -0.530. The molecule has 1 aromatic rings. The molecule has 1 atom stereocenters. The Morgan fingerprint density at radius 3 is 3.00 bits per heavy atom. The monoisotopic (exact) mass is 314 g/mol. The van der Waals surface area contributed by atoms with E-state index < -0.39 is 6.10 Å². The van der Waals surface area contributed by atoms with Crippen LogP contribution in [0.3, 0.4) is 0 Å². The number of hydrogen-bond donors (Lipinski definition) is 2. The van der Waals surface area contributed by atoms with E-state index in [0.29, 0.717) is 31.9 Å².